The number of aromatic nitrogens is 3. The van der Waals surface area contributed by atoms with Crippen LogP contribution in [-0.2, 0) is 26.1 Å². The van der Waals surface area contributed by atoms with Crippen molar-refractivity contribution in [2.24, 2.45) is 0 Å². The minimum Gasteiger partial charge on any atom is -0.341 e. The summed E-state index contributed by atoms with van der Waals surface area (Å²) in [7, 11) is 0. The van der Waals surface area contributed by atoms with Gasteiger partial charge in [0.15, 0.2) is 0 Å². The van der Waals surface area contributed by atoms with E-state index in [9.17, 15) is 0 Å². The molecule has 3 heterocycles. The van der Waals surface area contributed by atoms with Crippen molar-refractivity contribution in [2.45, 2.75) is 66.6 Å². The van der Waals surface area contributed by atoms with Crippen molar-refractivity contribution in [1.29, 1.82) is 0 Å². The van der Waals surface area contributed by atoms with Crippen LogP contribution in [0.1, 0.15) is 79.6 Å². The molecule has 0 aliphatic rings. The van der Waals surface area contributed by atoms with Gasteiger partial charge in [0.05, 0.1) is 0 Å². The van der Waals surface area contributed by atoms with Gasteiger partial charge in [-0.05, 0) is 129 Å². The molecule has 1 atom stereocenters. The van der Waals surface area contributed by atoms with Crippen LogP contribution < -0.4 is 0 Å². The summed E-state index contributed by atoms with van der Waals surface area (Å²) in [5.74, 6) is 0.316. The zero-order chi connectivity index (χ0) is 40.6. The number of nitrogens with zero attached hydrogens (tertiary/aromatic N) is 3. The van der Waals surface area contributed by atoms with E-state index in [2.05, 4.69) is 213 Å². The summed E-state index contributed by atoms with van der Waals surface area (Å²) < 4.78 is 7.20. The van der Waals surface area contributed by atoms with E-state index in [4.69, 9.17) is 0 Å². The molecule has 0 saturated heterocycles. The number of para-hydroxylation sites is 3. The van der Waals surface area contributed by atoms with E-state index in [1.54, 1.807) is 0 Å². The lowest BCUT2D eigenvalue weighted by molar-refractivity contribution is 0.759. The lowest BCUT2D eigenvalue weighted by Gasteiger charge is -2.15. The second-order valence-electron chi connectivity index (χ2n) is 16.0. The molecule has 0 saturated carbocycles. The summed E-state index contributed by atoms with van der Waals surface area (Å²) in [5, 5.41) is 6.55. The van der Waals surface area contributed by atoms with Gasteiger partial charge in [0, 0.05) is 85.4 Å². The smallest absolute Gasteiger partial charge is 0.0491 e. The molecule has 3 aromatic heterocycles. The van der Waals surface area contributed by atoms with Crippen LogP contribution in [-0.4, -0.2) is 13.7 Å². The Hall–Kier alpha value is -6.58. The third-order valence-corrected chi connectivity index (χ3v) is 12.3. The monoisotopic (exact) mass is 767 g/mol. The molecule has 9 rings (SSSR count). The van der Waals surface area contributed by atoms with Crippen LogP contribution in [0.5, 0.6) is 0 Å². The molecule has 59 heavy (non-hydrogen) atoms. The van der Waals surface area contributed by atoms with Crippen LogP contribution in [0.15, 0.2) is 146 Å². The highest BCUT2D eigenvalue weighted by atomic mass is 15.0. The molecular formula is C56H53N3. The Morgan fingerprint density at radius 3 is 1.69 bits per heavy atom. The maximum Gasteiger partial charge on any atom is 0.0491 e. The third kappa shape index (κ3) is 6.95. The SMILES string of the molecule is C=Cc1c(/C=C(C)/C=C/c2cc(/C=C/c3ccc4c(c3)c3ccccc3n4CC)cc(C(C)Cc3ccc4c(c3)c3ccccc3n4CC)c2)c2ccccc2n1CC. The second kappa shape index (κ2) is 16.0. The first-order valence-corrected chi connectivity index (χ1v) is 21.3. The first-order valence-electron chi connectivity index (χ1n) is 21.3. The van der Waals surface area contributed by atoms with Crippen LogP contribution >= 0.6 is 0 Å². The molecule has 0 spiro atoms. The van der Waals surface area contributed by atoms with E-state index in [-0.39, 0.29) is 0 Å². The van der Waals surface area contributed by atoms with Gasteiger partial charge in [-0.25, -0.2) is 0 Å². The van der Waals surface area contributed by atoms with Crippen molar-refractivity contribution in [3.05, 3.63) is 185 Å². The van der Waals surface area contributed by atoms with Crippen LogP contribution in [0, 0.1) is 0 Å². The summed E-state index contributed by atoms with van der Waals surface area (Å²) in [4.78, 5) is 0. The van der Waals surface area contributed by atoms with Crippen LogP contribution in [0.2, 0.25) is 0 Å². The molecular weight excluding hydrogens is 715 g/mol. The molecule has 0 aliphatic carbocycles. The fourth-order valence-corrected chi connectivity index (χ4v) is 9.49. The number of hydrogen-bond acceptors (Lipinski definition) is 0. The van der Waals surface area contributed by atoms with E-state index in [1.165, 1.54) is 99.2 Å². The number of rotatable bonds is 12. The molecule has 0 bridgehead atoms. The van der Waals surface area contributed by atoms with Gasteiger partial charge < -0.3 is 13.7 Å². The molecule has 3 heteroatoms. The molecule has 1 unspecified atom stereocenters. The van der Waals surface area contributed by atoms with Crippen molar-refractivity contribution in [3.8, 4) is 0 Å². The Morgan fingerprint density at radius 1 is 0.542 bits per heavy atom. The Balaban J connectivity index is 1.08. The van der Waals surface area contributed by atoms with Gasteiger partial charge in [-0.15, -0.1) is 0 Å². The van der Waals surface area contributed by atoms with E-state index in [0.29, 0.717) is 5.92 Å². The Morgan fingerprint density at radius 2 is 1.07 bits per heavy atom. The van der Waals surface area contributed by atoms with E-state index >= 15 is 0 Å². The van der Waals surface area contributed by atoms with Crippen molar-refractivity contribution < 1.29 is 0 Å². The Kier molecular flexibility index (Phi) is 10.3. The molecule has 292 valence electrons. The Labute approximate surface area is 348 Å². The van der Waals surface area contributed by atoms with Gasteiger partial charge in [0.2, 0.25) is 0 Å². The number of fused-ring (bicyclic) bond motifs is 7. The highest BCUT2D eigenvalue weighted by Crippen LogP contribution is 2.34. The molecule has 0 N–H and O–H groups in total. The first kappa shape index (κ1) is 38.0. The number of allylic oxidation sites excluding steroid dienone is 2. The summed E-state index contributed by atoms with van der Waals surface area (Å²) in [6, 6.07) is 47.3. The quantitative estimate of drug-likeness (QED) is 0.0869. The number of hydrogen-bond donors (Lipinski definition) is 0. The van der Waals surface area contributed by atoms with Crippen molar-refractivity contribution >= 4 is 84.9 Å². The predicted molar refractivity (Wildman–Crippen MR) is 258 cm³/mol. The van der Waals surface area contributed by atoms with Crippen molar-refractivity contribution in [1.82, 2.24) is 13.7 Å². The highest BCUT2D eigenvalue weighted by Gasteiger charge is 2.15. The van der Waals surface area contributed by atoms with Gasteiger partial charge in [0.1, 0.15) is 0 Å². The number of aryl methyl sites for hydroxylation is 3. The maximum absolute atomic E-state index is 4.19. The molecule has 9 aromatic rings. The summed E-state index contributed by atoms with van der Waals surface area (Å²) in [5.41, 5.74) is 16.3. The van der Waals surface area contributed by atoms with E-state index in [0.717, 1.165) is 26.1 Å². The van der Waals surface area contributed by atoms with Crippen LogP contribution in [0.3, 0.4) is 0 Å². The predicted octanol–water partition coefficient (Wildman–Crippen LogP) is 15.2. The van der Waals surface area contributed by atoms with Gasteiger partial charge in [-0.2, -0.15) is 0 Å². The van der Waals surface area contributed by atoms with Crippen LogP contribution in [0.4, 0.5) is 0 Å². The molecule has 0 radical (unpaired) electrons. The second-order valence-corrected chi connectivity index (χ2v) is 16.0. The molecule has 0 aliphatic heterocycles. The molecule has 0 amide bonds. The molecule has 6 aromatic carbocycles. The van der Waals surface area contributed by atoms with Gasteiger partial charge in [-0.3, -0.25) is 0 Å². The summed E-state index contributed by atoms with van der Waals surface area (Å²) >= 11 is 0. The fourth-order valence-electron chi connectivity index (χ4n) is 9.49. The highest BCUT2D eigenvalue weighted by molar-refractivity contribution is 6.09. The topological polar surface area (TPSA) is 14.8 Å². The van der Waals surface area contributed by atoms with Gasteiger partial charge >= 0.3 is 0 Å². The summed E-state index contributed by atoms with van der Waals surface area (Å²) in [6.07, 6.45) is 14.4. The lowest BCUT2D eigenvalue weighted by atomic mass is 9.90. The van der Waals surface area contributed by atoms with Gasteiger partial charge in [-0.1, -0.05) is 122 Å². The average molecular weight is 768 g/mol. The minimum atomic E-state index is 0.316. The number of benzene rings is 6. The fraction of sp³-hybridized carbons (Fsp3) is 0.179. The molecule has 0 fully saturated rings. The third-order valence-electron chi connectivity index (χ3n) is 12.3. The van der Waals surface area contributed by atoms with E-state index < -0.39 is 0 Å². The zero-order valence-electron chi connectivity index (χ0n) is 35.0. The maximum atomic E-state index is 4.19. The average Bonchev–Trinajstić information content (AvgIpc) is 3.88. The largest absolute Gasteiger partial charge is 0.341 e. The Bertz CT molecular complexity index is 3130. The zero-order valence-corrected chi connectivity index (χ0v) is 35.0. The summed E-state index contributed by atoms with van der Waals surface area (Å²) in [6.45, 7) is 18.2. The van der Waals surface area contributed by atoms with E-state index in [1.807, 2.05) is 6.08 Å². The minimum absolute atomic E-state index is 0.316. The van der Waals surface area contributed by atoms with Crippen LogP contribution in [0.25, 0.3) is 84.9 Å². The van der Waals surface area contributed by atoms with Crippen molar-refractivity contribution in [2.75, 3.05) is 0 Å². The molecule has 3 nitrogen and oxygen atoms in total. The normalized spacial score (nSPS) is 13.1. The lowest BCUT2D eigenvalue weighted by Crippen LogP contribution is -2.00. The first-order chi connectivity index (χ1) is 28.9. The standard InChI is InChI=1S/C56H53N3/c1-7-51-48(45-17-11-14-20-52(45)57(51)8-2)31-38(5)23-24-42-33-43(26-25-40-27-29-55-49(36-40)46-18-12-15-21-53(46)58(55)9-3)35-44(34-42)39(6)32-41-28-30-56-50(37-41)47-19-13-16-22-54(47)59(56)10-4/h7,11-31,33-37,39H,1,8-10,32H2,2-6H3/b24-23+,26-25+,38-31+. The van der Waals surface area contributed by atoms with Crippen molar-refractivity contribution in [3.63, 3.8) is 0 Å². The van der Waals surface area contributed by atoms with Gasteiger partial charge in [0.25, 0.3) is 0 Å².